The third-order valence-electron chi connectivity index (χ3n) is 5.11. The third kappa shape index (κ3) is 3.31. The van der Waals surface area contributed by atoms with Gasteiger partial charge in [-0.15, -0.1) is 0 Å². The van der Waals surface area contributed by atoms with Gasteiger partial charge in [-0.25, -0.2) is 25.8 Å². The lowest BCUT2D eigenvalue weighted by Crippen LogP contribution is -2.11. The number of H-pyrrole nitrogens is 1. The van der Waals surface area contributed by atoms with E-state index in [4.69, 9.17) is 0 Å². The molecule has 0 spiro atoms. The summed E-state index contributed by atoms with van der Waals surface area (Å²) in [6.07, 6.45) is 2.86. The van der Waals surface area contributed by atoms with Gasteiger partial charge >= 0.3 is 0 Å². The molecule has 32 heavy (non-hydrogen) atoms. The fraction of sp³-hybridized carbons (Fsp3) is 0. The number of aromatic nitrogens is 3. The topological polar surface area (TPSA) is 102 Å². The van der Waals surface area contributed by atoms with Crippen LogP contribution in [0.5, 0.6) is 0 Å². The summed E-state index contributed by atoms with van der Waals surface area (Å²) in [4.78, 5) is 7.54. The van der Waals surface area contributed by atoms with E-state index in [1.165, 1.54) is 28.5 Å². The maximum atomic E-state index is 13.0. The lowest BCUT2D eigenvalue weighted by Gasteiger charge is -2.07. The van der Waals surface area contributed by atoms with E-state index >= 15 is 0 Å². The van der Waals surface area contributed by atoms with Gasteiger partial charge in [-0.2, -0.15) is 0 Å². The molecule has 0 unspecified atom stereocenters. The van der Waals surface area contributed by atoms with E-state index in [1.807, 2.05) is 0 Å². The molecule has 0 atom stereocenters. The lowest BCUT2D eigenvalue weighted by molar-refractivity contribution is 0.588. The molecule has 0 bridgehead atoms. The molecule has 0 aliphatic heterocycles. The Bertz CT molecular complexity index is 1640. The van der Waals surface area contributed by atoms with Crippen LogP contribution in [0, 0.1) is 0 Å². The summed E-state index contributed by atoms with van der Waals surface area (Å²) in [6, 6.07) is 23.2. The zero-order valence-corrected chi connectivity index (χ0v) is 18.2. The molecule has 0 aliphatic carbocycles. The highest BCUT2D eigenvalue weighted by atomic mass is 32.2. The van der Waals surface area contributed by atoms with E-state index in [1.54, 1.807) is 72.8 Å². The van der Waals surface area contributed by atoms with Crippen molar-refractivity contribution in [1.29, 1.82) is 0 Å². The SMILES string of the molecule is O=S(=O)(c1ccccc1)c1c[nH]c(-c2ccc3c(ccn3S(=O)(=O)c3ccccc3)c2)n1. The average Bonchev–Trinajstić information content (AvgIpc) is 3.48. The second-order valence-electron chi connectivity index (χ2n) is 7.11. The smallest absolute Gasteiger partial charge is 0.268 e. The largest absolute Gasteiger partial charge is 0.343 e. The van der Waals surface area contributed by atoms with Crippen LogP contribution in [0.25, 0.3) is 22.3 Å². The number of imidazole rings is 1. The minimum absolute atomic E-state index is 0.0805. The second-order valence-corrected chi connectivity index (χ2v) is 10.8. The first kappa shape index (κ1) is 20.2. The number of hydrogen-bond acceptors (Lipinski definition) is 5. The highest BCUT2D eigenvalue weighted by molar-refractivity contribution is 7.91. The van der Waals surface area contributed by atoms with Gasteiger partial charge in [0.25, 0.3) is 10.0 Å². The number of nitrogens with zero attached hydrogens (tertiary/aromatic N) is 2. The molecule has 2 aromatic heterocycles. The van der Waals surface area contributed by atoms with Crippen molar-refractivity contribution < 1.29 is 16.8 Å². The van der Waals surface area contributed by atoms with E-state index in [2.05, 4.69) is 9.97 Å². The van der Waals surface area contributed by atoms with Gasteiger partial charge in [0.05, 0.1) is 15.3 Å². The first-order chi connectivity index (χ1) is 15.4. The van der Waals surface area contributed by atoms with E-state index in [0.717, 1.165) is 0 Å². The lowest BCUT2D eigenvalue weighted by atomic mass is 10.1. The summed E-state index contributed by atoms with van der Waals surface area (Å²) < 4.78 is 52.8. The molecule has 160 valence electrons. The zero-order chi connectivity index (χ0) is 22.3. The van der Waals surface area contributed by atoms with Gasteiger partial charge in [0, 0.05) is 23.3 Å². The van der Waals surface area contributed by atoms with Gasteiger partial charge in [0.2, 0.25) is 9.84 Å². The van der Waals surface area contributed by atoms with Crippen molar-refractivity contribution in [3.05, 3.63) is 97.3 Å². The summed E-state index contributed by atoms with van der Waals surface area (Å²) in [7, 11) is -7.47. The summed E-state index contributed by atoms with van der Waals surface area (Å²) in [5.74, 6) is 0.375. The van der Waals surface area contributed by atoms with Crippen molar-refractivity contribution >= 4 is 30.8 Å². The second kappa shape index (κ2) is 7.47. The van der Waals surface area contributed by atoms with E-state index in [9.17, 15) is 16.8 Å². The molecule has 7 nitrogen and oxygen atoms in total. The molecule has 3 aromatic carbocycles. The van der Waals surface area contributed by atoms with Crippen molar-refractivity contribution in [3.8, 4) is 11.4 Å². The van der Waals surface area contributed by atoms with Crippen LogP contribution in [0.4, 0.5) is 0 Å². The van der Waals surface area contributed by atoms with Gasteiger partial charge in [0.1, 0.15) is 5.82 Å². The van der Waals surface area contributed by atoms with E-state index in [0.29, 0.717) is 22.3 Å². The zero-order valence-electron chi connectivity index (χ0n) is 16.6. The number of aromatic amines is 1. The molecular weight excluding hydrogens is 446 g/mol. The van der Waals surface area contributed by atoms with Crippen molar-refractivity contribution in [1.82, 2.24) is 13.9 Å². The third-order valence-corrected chi connectivity index (χ3v) is 8.47. The molecule has 0 saturated heterocycles. The predicted molar refractivity (Wildman–Crippen MR) is 120 cm³/mol. The summed E-state index contributed by atoms with van der Waals surface area (Å²) in [5, 5.41) is 0.605. The number of sulfone groups is 1. The van der Waals surface area contributed by atoms with Crippen LogP contribution in [0.2, 0.25) is 0 Å². The van der Waals surface area contributed by atoms with Gasteiger partial charge < -0.3 is 4.98 Å². The molecule has 5 rings (SSSR count). The molecule has 0 fully saturated rings. The molecule has 0 amide bonds. The highest BCUT2D eigenvalue weighted by Gasteiger charge is 2.22. The van der Waals surface area contributed by atoms with E-state index in [-0.39, 0.29) is 14.8 Å². The highest BCUT2D eigenvalue weighted by Crippen LogP contribution is 2.28. The Morgan fingerprint density at radius 2 is 1.41 bits per heavy atom. The van der Waals surface area contributed by atoms with E-state index < -0.39 is 19.9 Å². The van der Waals surface area contributed by atoms with Crippen molar-refractivity contribution in [2.75, 3.05) is 0 Å². The minimum Gasteiger partial charge on any atom is -0.343 e. The molecule has 5 aromatic rings. The Morgan fingerprint density at radius 1 is 0.750 bits per heavy atom. The Labute approximate surface area is 185 Å². The molecule has 0 radical (unpaired) electrons. The normalized spacial score (nSPS) is 12.2. The predicted octanol–water partition coefficient (Wildman–Crippen LogP) is 4.10. The summed E-state index contributed by atoms with van der Waals surface area (Å²) >= 11 is 0. The number of hydrogen-bond donors (Lipinski definition) is 1. The van der Waals surface area contributed by atoms with Crippen LogP contribution in [0.1, 0.15) is 0 Å². The monoisotopic (exact) mass is 463 g/mol. The number of fused-ring (bicyclic) bond motifs is 1. The van der Waals surface area contributed by atoms with Crippen LogP contribution in [0.3, 0.4) is 0 Å². The quantitative estimate of drug-likeness (QED) is 0.423. The molecule has 0 aliphatic rings. The van der Waals surface area contributed by atoms with Crippen LogP contribution in [0.15, 0.2) is 112 Å². The first-order valence-corrected chi connectivity index (χ1v) is 12.6. The number of nitrogens with one attached hydrogen (secondary N) is 1. The van der Waals surface area contributed by atoms with Crippen LogP contribution >= 0.6 is 0 Å². The van der Waals surface area contributed by atoms with Crippen molar-refractivity contribution in [2.24, 2.45) is 0 Å². The molecule has 0 saturated carbocycles. The Hall–Kier alpha value is -3.69. The maximum absolute atomic E-state index is 13.0. The van der Waals surface area contributed by atoms with Crippen molar-refractivity contribution in [2.45, 2.75) is 14.8 Å². The Balaban J connectivity index is 1.53. The average molecular weight is 464 g/mol. The standard InChI is InChI=1S/C23H17N3O4S2/c27-31(28,19-7-3-1-4-8-19)22-16-24-23(25-22)18-11-12-21-17(15-18)13-14-26(21)32(29,30)20-9-5-2-6-10-20/h1-16H,(H,24,25). The number of benzene rings is 3. The summed E-state index contributed by atoms with van der Waals surface area (Å²) in [5.41, 5.74) is 1.16. The first-order valence-electron chi connectivity index (χ1n) is 9.65. The molecule has 9 heteroatoms. The minimum atomic E-state index is -3.74. The summed E-state index contributed by atoms with van der Waals surface area (Å²) in [6.45, 7) is 0. The Morgan fingerprint density at radius 3 is 2.09 bits per heavy atom. The molecule has 2 heterocycles. The van der Waals surface area contributed by atoms with Gasteiger partial charge in [-0.1, -0.05) is 36.4 Å². The van der Waals surface area contributed by atoms with Gasteiger partial charge in [-0.3, -0.25) is 0 Å². The fourth-order valence-corrected chi connectivity index (χ4v) is 6.05. The molecule has 1 N–H and O–H groups in total. The van der Waals surface area contributed by atoms with Crippen LogP contribution < -0.4 is 0 Å². The number of rotatable bonds is 5. The fourth-order valence-electron chi connectivity index (χ4n) is 3.49. The van der Waals surface area contributed by atoms with Crippen LogP contribution in [-0.2, 0) is 19.9 Å². The molecular formula is C23H17N3O4S2. The Kier molecular flexibility index (Phi) is 4.72. The van der Waals surface area contributed by atoms with Crippen LogP contribution in [-0.4, -0.2) is 30.8 Å². The van der Waals surface area contributed by atoms with Gasteiger partial charge in [0.15, 0.2) is 5.03 Å². The van der Waals surface area contributed by atoms with Gasteiger partial charge in [-0.05, 0) is 48.5 Å². The van der Waals surface area contributed by atoms with Crippen molar-refractivity contribution in [3.63, 3.8) is 0 Å². The maximum Gasteiger partial charge on any atom is 0.268 e.